The maximum absolute atomic E-state index is 5.91. The van der Waals surface area contributed by atoms with Crippen LogP contribution in [0.2, 0.25) is 0 Å². The minimum Gasteiger partial charge on any atom is -0.481 e. The van der Waals surface area contributed by atoms with E-state index >= 15 is 0 Å². The monoisotopic (exact) mass is 307 g/mol. The number of ether oxygens (including phenoxy) is 1. The van der Waals surface area contributed by atoms with E-state index in [9.17, 15) is 0 Å². The summed E-state index contributed by atoms with van der Waals surface area (Å²) in [4.78, 5) is 4.72. The number of hydrogen-bond acceptors (Lipinski definition) is 3. The SMILES string of the molecule is COc1ccc2c(n1)c(CCN)c1n2CCCc2ccccc2-1. The Morgan fingerprint density at radius 1 is 1.22 bits per heavy atom. The van der Waals surface area contributed by atoms with Crippen LogP contribution in [0, 0.1) is 0 Å². The molecule has 23 heavy (non-hydrogen) atoms. The standard InChI is InChI=1S/C19H21N3O/c1-23-17-9-8-16-18(21-17)15(10-11-20)19-14-7-3-2-5-13(14)6-4-12-22(16)19/h2-3,5,7-9H,4,6,10-12,20H2,1H3. The molecule has 1 aliphatic heterocycles. The molecule has 0 fully saturated rings. The van der Waals surface area contributed by atoms with Gasteiger partial charge in [0.25, 0.3) is 0 Å². The first-order valence-electron chi connectivity index (χ1n) is 8.18. The summed E-state index contributed by atoms with van der Waals surface area (Å²) in [7, 11) is 1.66. The highest BCUT2D eigenvalue weighted by Crippen LogP contribution is 2.38. The zero-order valence-corrected chi connectivity index (χ0v) is 13.4. The van der Waals surface area contributed by atoms with Crippen LogP contribution < -0.4 is 10.5 Å². The van der Waals surface area contributed by atoms with Crippen molar-refractivity contribution >= 4 is 11.0 Å². The molecular formula is C19H21N3O. The fourth-order valence-electron chi connectivity index (χ4n) is 3.70. The molecule has 2 N–H and O–H groups in total. The second-order valence-corrected chi connectivity index (χ2v) is 6.00. The molecule has 0 amide bonds. The molecule has 1 aromatic carbocycles. The van der Waals surface area contributed by atoms with Gasteiger partial charge >= 0.3 is 0 Å². The molecule has 4 heteroatoms. The molecule has 0 aliphatic carbocycles. The molecule has 0 saturated carbocycles. The number of methoxy groups -OCH3 is 1. The summed E-state index contributed by atoms with van der Waals surface area (Å²) in [5, 5.41) is 0. The molecule has 3 aromatic rings. The smallest absolute Gasteiger partial charge is 0.213 e. The Labute approximate surface area is 135 Å². The van der Waals surface area contributed by atoms with E-state index in [1.54, 1.807) is 7.11 Å². The Morgan fingerprint density at radius 3 is 2.91 bits per heavy atom. The van der Waals surface area contributed by atoms with Gasteiger partial charge in [0.1, 0.15) is 0 Å². The van der Waals surface area contributed by atoms with Crippen molar-refractivity contribution in [2.75, 3.05) is 13.7 Å². The van der Waals surface area contributed by atoms with E-state index in [-0.39, 0.29) is 0 Å². The number of nitrogens with two attached hydrogens (primary N) is 1. The van der Waals surface area contributed by atoms with E-state index in [0.717, 1.165) is 31.3 Å². The number of benzene rings is 1. The maximum atomic E-state index is 5.91. The maximum Gasteiger partial charge on any atom is 0.213 e. The Kier molecular flexibility index (Phi) is 3.54. The van der Waals surface area contributed by atoms with E-state index in [4.69, 9.17) is 15.5 Å². The van der Waals surface area contributed by atoms with E-state index in [2.05, 4.69) is 34.9 Å². The Morgan fingerprint density at radius 2 is 2.09 bits per heavy atom. The molecule has 0 spiro atoms. The summed E-state index contributed by atoms with van der Waals surface area (Å²) in [5.74, 6) is 0.657. The molecule has 3 heterocycles. The van der Waals surface area contributed by atoms with Gasteiger partial charge in [-0.3, -0.25) is 0 Å². The highest BCUT2D eigenvalue weighted by atomic mass is 16.5. The molecule has 2 aromatic heterocycles. The molecule has 4 rings (SSSR count). The Hall–Kier alpha value is -2.33. The van der Waals surface area contributed by atoms with Crippen molar-refractivity contribution in [2.45, 2.75) is 25.8 Å². The fourth-order valence-corrected chi connectivity index (χ4v) is 3.70. The molecule has 118 valence electrons. The lowest BCUT2D eigenvalue weighted by molar-refractivity contribution is 0.399. The first kappa shape index (κ1) is 14.3. The molecule has 0 radical (unpaired) electrons. The number of fused-ring (bicyclic) bond motifs is 5. The number of nitrogens with zero attached hydrogens (tertiary/aromatic N) is 2. The van der Waals surface area contributed by atoms with Gasteiger partial charge in [0.05, 0.1) is 23.8 Å². The van der Waals surface area contributed by atoms with Crippen LogP contribution in [0.4, 0.5) is 0 Å². The van der Waals surface area contributed by atoms with E-state index in [1.165, 1.54) is 27.9 Å². The Balaban J connectivity index is 2.08. The van der Waals surface area contributed by atoms with Gasteiger partial charge in [-0.15, -0.1) is 0 Å². The zero-order valence-electron chi connectivity index (χ0n) is 13.4. The van der Waals surface area contributed by atoms with Gasteiger partial charge in [-0.1, -0.05) is 24.3 Å². The van der Waals surface area contributed by atoms with Crippen LogP contribution in [0.25, 0.3) is 22.3 Å². The molecule has 0 saturated heterocycles. The van der Waals surface area contributed by atoms with Gasteiger partial charge in [-0.2, -0.15) is 0 Å². The van der Waals surface area contributed by atoms with Crippen LogP contribution in [0.3, 0.4) is 0 Å². The molecule has 0 bridgehead atoms. The van der Waals surface area contributed by atoms with Gasteiger partial charge in [-0.05, 0) is 37.4 Å². The van der Waals surface area contributed by atoms with E-state index in [1.807, 2.05) is 6.07 Å². The van der Waals surface area contributed by atoms with Gasteiger partial charge in [-0.25, -0.2) is 4.98 Å². The van der Waals surface area contributed by atoms with E-state index < -0.39 is 0 Å². The summed E-state index contributed by atoms with van der Waals surface area (Å²) in [6.07, 6.45) is 3.08. The number of aryl methyl sites for hydroxylation is 2. The second kappa shape index (κ2) is 5.70. The largest absolute Gasteiger partial charge is 0.481 e. The quantitative estimate of drug-likeness (QED) is 0.808. The normalized spacial score (nSPS) is 13.5. The topological polar surface area (TPSA) is 53.1 Å². The minimum absolute atomic E-state index is 0.618. The lowest BCUT2D eigenvalue weighted by Gasteiger charge is -2.10. The number of aromatic nitrogens is 2. The third-order valence-corrected chi connectivity index (χ3v) is 4.68. The summed E-state index contributed by atoms with van der Waals surface area (Å²) >= 11 is 0. The molecule has 0 unspecified atom stereocenters. The number of rotatable bonds is 3. The molecular weight excluding hydrogens is 286 g/mol. The van der Waals surface area contributed by atoms with Crippen molar-refractivity contribution < 1.29 is 4.74 Å². The van der Waals surface area contributed by atoms with Crippen LogP contribution in [0.5, 0.6) is 5.88 Å². The van der Waals surface area contributed by atoms with Gasteiger partial charge < -0.3 is 15.0 Å². The minimum atomic E-state index is 0.618. The predicted molar refractivity (Wildman–Crippen MR) is 92.8 cm³/mol. The lowest BCUT2D eigenvalue weighted by atomic mass is 9.98. The van der Waals surface area contributed by atoms with Crippen LogP contribution in [-0.4, -0.2) is 23.2 Å². The van der Waals surface area contributed by atoms with Crippen molar-refractivity contribution in [3.05, 3.63) is 47.5 Å². The first-order chi connectivity index (χ1) is 11.3. The number of pyridine rings is 1. The van der Waals surface area contributed by atoms with Crippen LogP contribution >= 0.6 is 0 Å². The van der Waals surface area contributed by atoms with Crippen molar-refractivity contribution in [1.29, 1.82) is 0 Å². The summed E-state index contributed by atoms with van der Waals surface area (Å²) < 4.78 is 7.75. The summed E-state index contributed by atoms with van der Waals surface area (Å²) in [6.45, 7) is 1.63. The lowest BCUT2D eigenvalue weighted by Crippen LogP contribution is -2.05. The average Bonchev–Trinajstić information content (AvgIpc) is 2.76. The number of hydrogen-bond donors (Lipinski definition) is 1. The van der Waals surface area contributed by atoms with E-state index in [0.29, 0.717) is 12.4 Å². The van der Waals surface area contributed by atoms with Gasteiger partial charge in [0, 0.05) is 23.7 Å². The molecule has 0 atom stereocenters. The summed E-state index contributed by atoms with van der Waals surface area (Å²) in [5.41, 5.74) is 13.4. The zero-order chi connectivity index (χ0) is 15.8. The highest BCUT2D eigenvalue weighted by Gasteiger charge is 2.23. The predicted octanol–water partition coefficient (Wildman–Crippen LogP) is 3.16. The average molecular weight is 307 g/mol. The van der Waals surface area contributed by atoms with Crippen LogP contribution in [0.15, 0.2) is 36.4 Å². The van der Waals surface area contributed by atoms with Gasteiger partial charge in [0.15, 0.2) is 0 Å². The van der Waals surface area contributed by atoms with Crippen molar-refractivity contribution in [2.24, 2.45) is 5.73 Å². The van der Waals surface area contributed by atoms with Crippen molar-refractivity contribution in [1.82, 2.24) is 9.55 Å². The third kappa shape index (κ3) is 2.21. The molecule has 1 aliphatic rings. The Bertz CT molecular complexity index is 866. The van der Waals surface area contributed by atoms with Crippen LogP contribution in [-0.2, 0) is 19.4 Å². The van der Waals surface area contributed by atoms with Crippen molar-refractivity contribution in [3.8, 4) is 17.1 Å². The first-order valence-corrected chi connectivity index (χ1v) is 8.18. The second-order valence-electron chi connectivity index (χ2n) is 6.00. The van der Waals surface area contributed by atoms with Gasteiger partial charge in [0.2, 0.25) is 5.88 Å². The van der Waals surface area contributed by atoms with Crippen LogP contribution in [0.1, 0.15) is 17.5 Å². The highest BCUT2D eigenvalue weighted by molar-refractivity contribution is 5.90. The fraction of sp³-hybridized carbons (Fsp3) is 0.316. The third-order valence-electron chi connectivity index (χ3n) is 4.68. The summed E-state index contributed by atoms with van der Waals surface area (Å²) in [6, 6.07) is 12.8. The molecule has 4 nitrogen and oxygen atoms in total. The van der Waals surface area contributed by atoms with Crippen molar-refractivity contribution in [3.63, 3.8) is 0 Å².